The molecule has 0 atom stereocenters. The van der Waals surface area contributed by atoms with E-state index in [1.165, 1.54) is 0 Å². The van der Waals surface area contributed by atoms with E-state index in [2.05, 4.69) is 0 Å². The third-order valence-corrected chi connectivity index (χ3v) is 1.40. The Kier molecular flexibility index (Phi) is 2.15. The quantitative estimate of drug-likeness (QED) is 0.502. The van der Waals surface area contributed by atoms with Gasteiger partial charge in [-0.15, -0.1) is 0 Å². The second-order valence-electron chi connectivity index (χ2n) is 2.32. The summed E-state index contributed by atoms with van der Waals surface area (Å²) in [5, 5.41) is 0. The molecular formula is C7H4F5N. The summed E-state index contributed by atoms with van der Waals surface area (Å²) in [6.45, 7) is 0. The number of benzene rings is 1. The van der Waals surface area contributed by atoms with Crippen molar-refractivity contribution in [3.05, 3.63) is 29.3 Å². The smallest absolute Gasteiger partial charge is 0.396 e. The van der Waals surface area contributed by atoms with E-state index in [0.29, 0.717) is 6.07 Å². The first kappa shape index (κ1) is 9.76. The molecule has 13 heavy (non-hydrogen) atoms. The molecule has 0 unspecified atom stereocenters. The van der Waals surface area contributed by atoms with Gasteiger partial charge in [-0.1, -0.05) is 0 Å². The van der Waals surface area contributed by atoms with E-state index in [9.17, 15) is 22.0 Å². The highest BCUT2D eigenvalue weighted by Gasteiger charge is 2.38. The second-order valence-corrected chi connectivity index (χ2v) is 2.32. The van der Waals surface area contributed by atoms with Crippen LogP contribution >= 0.6 is 0 Å². The lowest BCUT2D eigenvalue weighted by molar-refractivity contribution is -0.142. The molecule has 1 nitrogen and oxygen atoms in total. The summed E-state index contributed by atoms with van der Waals surface area (Å²) in [7, 11) is 0. The summed E-state index contributed by atoms with van der Waals surface area (Å²) in [5.74, 6) is -3.44. The first-order valence-corrected chi connectivity index (χ1v) is 3.14. The van der Waals surface area contributed by atoms with Gasteiger partial charge in [0, 0.05) is 0 Å². The Morgan fingerprint density at radius 3 is 2.00 bits per heavy atom. The lowest BCUT2D eigenvalue weighted by Crippen LogP contribution is -2.12. The highest BCUT2D eigenvalue weighted by Crippen LogP contribution is 2.35. The zero-order valence-corrected chi connectivity index (χ0v) is 6.12. The minimum atomic E-state index is -5.07. The Bertz CT molecular complexity index is 330. The van der Waals surface area contributed by atoms with Crippen molar-refractivity contribution in [3.63, 3.8) is 0 Å². The number of hydrogen-bond acceptors (Lipinski definition) is 1. The van der Waals surface area contributed by atoms with Gasteiger partial charge in [0.05, 0.1) is 5.69 Å². The number of hydrogen-bond donors (Lipinski definition) is 1. The molecule has 0 saturated heterocycles. The maximum atomic E-state index is 12.7. The van der Waals surface area contributed by atoms with Crippen LogP contribution in [0.1, 0.15) is 5.56 Å². The predicted molar refractivity (Wildman–Crippen MR) is 35.8 cm³/mol. The zero-order chi connectivity index (χ0) is 10.2. The van der Waals surface area contributed by atoms with Crippen LogP contribution in [0.15, 0.2) is 12.1 Å². The van der Waals surface area contributed by atoms with E-state index in [-0.39, 0.29) is 0 Å². The fourth-order valence-electron chi connectivity index (χ4n) is 0.828. The lowest BCUT2D eigenvalue weighted by atomic mass is 10.1. The molecule has 0 aliphatic rings. The molecule has 0 spiro atoms. The summed E-state index contributed by atoms with van der Waals surface area (Å²) in [6, 6.07) is 1.21. The van der Waals surface area contributed by atoms with Gasteiger partial charge in [-0.05, 0) is 12.1 Å². The van der Waals surface area contributed by atoms with Gasteiger partial charge >= 0.3 is 6.18 Å². The second kappa shape index (κ2) is 2.86. The summed E-state index contributed by atoms with van der Waals surface area (Å²) in [5.41, 5.74) is 2.17. The molecule has 0 amide bonds. The van der Waals surface area contributed by atoms with Gasteiger partial charge in [0.15, 0.2) is 5.82 Å². The van der Waals surface area contributed by atoms with Gasteiger partial charge in [-0.25, -0.2) is 8.78 Å². The van der Waals surface area contributed by atoms with Gasteiger partial charge in [0.2, 0.25) is 0 Å². The van der Waals surface area contributed by atoms with Crippen LogP contribution in [0.25, 0.3) is 0 Å². The normalized spacial score (nSPS) is 11.8. The molecule has 1 aromatic carbocycles. The minimum absolute atomic E-state index is 0.473. The van der Waals surface area contributed by atoms with Crippen molar-refractivity contribution in [3.8, 4) is 0 Å². The maximum absolute atomic E-state index is 12.7. The SMILES string of the molecule is Nc1ccc(F)c(C(F)(F)F)c1F. The molecule has 72 valence electrons. The third-order valence-electron chi connectivity index (χ3n) is 1.40. The van der Waals surface area contributed by atoms with Crippen molar-refractivity contribution in [2.24, 2.45) is 0 Å². The van der Waals surface area contributed by atoms with Crippen LogP contribution in [-0.2, 0) is 6.18 Å². The first-order valence-electron chi connectivity index (χ1n) is 3.14. The number of nitrogens with two attached hydrogens (primary N) is 1. The molecule has 6 heteroatoms. The third kappa shape index (κ3) is 1.71. The van der Waals surface area contributed by atoms with Crippen molar-refractivity contribution in [2.45, 2.75) is 6.18 Å². The Balaban J connectivity index is 3.43. The van der Waals surface area contributed by atoms with Gasteiger partial charge < -0.3 is 5.73 Å². The molecular weight excluding hydrogens is 193 g/mol. The van der Waals surface area contributed by atoms with Crippen LogP contribution in [0.4, 0.5) is 27.6 Å². The van der Waals surface area contributed by atoms with Crippen molar-refractivity contribution in [1.29, 1.82) is 0 Å². The number of nitrogen functional groups attached to an aromatic ring is 1. The van der Waals surface area contributed by atoms with E-state index in [1.807, 2.05) is 0 Å². The standard InChI is InChI=1S/C7H4F5N/c8-3-1-2-4(13)6(9)5(3)7(10,11)12/h1-2H,13H2. The van der Waals surface area contributed by atoms with E-state index < -0.39 is 29.1 Å². The number of rotatable bonds is 0. The van der Waals surface area contributed by atoms with Crippen LogP contribution in [0, 0.1) is 11.6 Å². The molecule has 0 bridgehead atoms. The first-order chi connectivity index (χ1) is 5.84. The lowest BCUT2D eigenvalue weighted by Gasteiger charge is -2.09. The Morgan fingerprint density at radius 1 is 1.08 bits per heavy atom. The molecule has 2 N–H and O–H groups in total. The van der Waals surface area contributed by atoms with Crippen molar-refractivity contribution < 1.29 is 22.0 Å². The molecule has 1 rings (SSSR count). The van der Waals surface area contributed by atoms with Crippen molar-refractivity contribution in [2.75, 3.05) is 5.73 Å². The highest BCUT2D eigenvalue weighted by atomic mass is 19.4. The fourth-order valence-corrected chi connectivity index (χ4v) is 0.828. The van der Waals surface area contributed by atoms with Crippen LogP contribution < -0.4 is 5.73 Å². The molecule has 1 aromatic rings. The Labute approximate surface area is 70.0 Å². The number of anilines is 1. The van der Waals surface area contributed by atoms with E-state index in [0.717, 1.165) is 6.07 Å². The van der Waals surface area contributed by atoms with Crippen LogP contribution in [-0.4, -0.2) is 0 Å². The number of alkyl halides is 3. The van der Waals surface area contributed by atoms with Gasteiger partial charge in [-0.2, -0.15) is 13.2 Å². The highest BCUT2D eigenvalue weighted by molar-refractivity contribution is 5.44. The van der Waals surface area contributed by atoms with Crippen LogP contribution in [0.5, 0.6) is 0 Å². The average molecular weight is 197 g/mol. The van der Waals surface area contributed by atoms with Gasteiger partial charge in [0.1, 0.15) is 11.4 Å². The van der Waals surface area contributed by atoms with E-state index in [4.69, 9.17) is 5.73 Å². The molecule has 0 aliphatic heterocycles. The van der Waals surface area contributed by atoms with E-state index >= 15 is 0 Å². The Hall–Kier alpha value is -1.33. The summed E-state index contributed by atoms with van der Waals surface area (Å²) in [4.78, 5) is 0. The monoisotopic (exact) mass is 197 g/mol. The number of halogens is 5. The fraction of sp³-hybridized carbons (Fsp3) is 0.143. The predicted octanol–water partition coefficient (Wildman–Crippen LogP) is 2.57. The average Bonchev–Trinajstić information content (AvgIpc) is 1.95. The molecule has 0 aromatic heterocycles. The molecule has 0 fully saturated rings. The molecule has 0 saturated carbocycles. The van der Waals surface area contributed by atoms with Crippen LogP contribution in [0.3, 0.4) is 0 Å². The molecule has 0 radical (unpaired) electrons. The Morgan fingerprint density at radius 2 is 1.62 bits per heavy atom. The summed E-state index contributed by atoms with van der Waals surface area (Å²) in [6.07, 6.45) is -5.07. The minimum Gasteiger partial charge on any atom is -0.396 e. The van der Waals surface area contributed by atoms with E-state index in [1.54, 1.807) is 0 Å². The van der Waals surface area contributed by atoms with Crippen LogP contribution in [0.2, 0.25) is 0 Å². The van der Waals surface area contributed by atoms with Crippen molar-refractivity contribution >= 4 is 5.69 Å². The van der Waals surface area contributed by atoms with Gasteiger partial charge in [-0.3, -0.25) is 0 Å². The molecule has 0 aliphatic carbocycles. The summed E-state index contributed by atoms with van der Waals surface area (Å²) < 4.78 is 61.0. The zero-order valence-electron chi connectivity index (χ0n) is 6.12. The molecule has 0 heterocycles. The van der Waals surface area contributed by atoms with Gasteiger partial charge in [0.25, 0.3) is 0 Å². The van der Waals surface area contributed by atoms with Crippen molar-refractivity contribution in [1.82, 2.24) is 0 Å². The topological polar surface area (TPSA) is 26.0 Å². The largest absolute Gasteiger partial charge is 0.422 e. The summed E-state index contributed by atoms with van der Waals surface area (Å²) >= 11 is 0. The maximum Gasteiger partial charge on any atom is 0.422 e.